The summed E-state index contributed by atoms with van der Waals surface area (Å²) in [5.74, 6) is 0.963. The SMILES string of the molecule is CCOC(=O)c1c(C[NH+]2CCCC2)oc2cc(Br)c(OC)c(Br)c12. The molecule has 0 unspecified atom stereocenters. The average Bonchev–Trinajstić information content (AvgIpc) is 3.15. The third kappa shape index (κ3) is 3.21. The molecule has 0 atom stereocenters. The molecule has 3 rings (SSSR count). The summed E-state index contributed by atoms with van der Waals surface area (Å²) in [6.45, 7) is 5.03. The summed E-state index contributed by atoms with van der Waals surface area (Å²) < 4.78 is 18.2. The number of nitrogens with one attached hydrogen (secondary N) is 1. The lowest BCUT2D eigenvalue weighted by Crippen LogP contribution is -3.08. The van der Waals surface area contributed by atoms with Crippen LogP contribution in [0.15, 0.2) is 19.4 Å². The van der Waals surface area contributed by atoms with Crippen molar-refractivity contribution in [1.29, 1.82) is 0 Å². The van der Waals surface area contributed by atoms with Gasteiger partial charge in [-0.2, -0.15) is 0 Å². The van der Waals surface area contributed by atoms with Gasteiger partial charge in [-0.25, -0.2) is 4.79 Å². The fraction of sp³-hybridized carbons (Fsp3) is 0.471. The molecule has 0 bridgehead atoms. The van der Waals surface area contributed by atoms with Gasteiger partial charge in [-0.15, -0.1) is 0 Å². The number of carbonyl (C=O) groups is 1. The van der Waals surface area contributed by atoms with E-state index >= 15 is 0 Å². The summed E-state index contributed by atoms with van der Waals surface area (Å²) in [6, 6.07) is 1.84. The number of methoxy groups -OCH3 is 1. The molecule has 1 saturated heterocycles. The van der Waals surface area contributed by atoms with Crippen LogP contribution in [-0.4, -0.2) is 32.8 Å². The number of hydrogen-bond acceptors (Lipinski definition) is 4. The molecule has 24 heavy (non-hydrogen) atoms. The van der Waals surface area contributed by atoms with Gasteiger partial charge < -0.3 is 18.8 Å². The second kappa shape index (κ2) is 7.45. The number of likely N-dealkylation sites (tertiary alicyclic amines) is 1. The van der Waals surface area contributed by atoms with Gasteiger partial charge in [0.2, 0.25) is 0 Å². The maximum absolute atomic E-state index is 12.6. The molecule has 0 spiro atoms. The summed E-state index contributed by atoms with van der Waals surface area (Å²) in [7, 11) is 1.59. The highest BCUT2D eigenvalue weighted by atomic mass is 79.9. The van der Waals surface area contributed by atoms with E-state index in [0.29, 0.717) is 45.7 Å². The van der Waals surface area contributed by atoms with E-state index in [4.69, 9.17) is 13.9 Å². The highest BCUT2D eigenvalue weighted by molar-refractivity contribution is 9.11. The molecule has 0 saturated carbocycles. The van der Waals surface area contributed by atoms with Crippen molar-refractivity contribution < 1.29 is 23.6 Å². The Kier molecular flexibility index (Phi) is 5.52. The van der Waals surface area contributed by atoms with E-state index in [1.807, 2.05) is 6.07 Å². The zero-order chi connectivity index (χ0) is 17.3. The number of halogens is 2. The normalized spacial score (nSPS) is 15.2. The second-order valence-corrected chi connectivity index (χ2v) is 7.48. The van der Waals surface area contributed by atoms with E-state index in [9.17, 15) is 4.79 Å². The Morgan fingerprint density at radius 3 is 2.67 bits per heavy atom. The first-order valence-corrected chi connectivity index (χ1v) is 9.63. The smallest absolute Gasteiger partial charge is 0.342 e. The minimum absolute atomic E-state index is 0.326. The van der Waals surface area contributed by atoms with Gasteiger partial charge in [-0.1, -0.05) is 0 Å². The minimum Gasteiger partial charge on any atom is -0.494 e. The predicted octanol–water partition coefficient (Wildman–Crippen LogP) is 3.32. The second-order valence-electron chi connectivity index (χ2n) is 5.83. The van der Waals surface area contributed by atoms with Gasteiger partial charge in [0, 0.05) is 12.8 Å². The number of hydrogen-bond donors (Lipinski definition) is 1. The number of esters is 1. The van der Waals surface area contributed by atoms with Gasteiger partial charge in [0.1, 0.15) is 23.4 Å². The number of carbonyl (C=O) groups excluding carboxylic acids is 1. The maximum atomic E-state index is 12.6. The van der Waals surface area contributed by atoms with Crippen LogP contribution < -0.4 is 9.64 Å². The Bertz CT molecular complexity index is 766. The molecule has 1 aromatic heterocycles. The van der Waals surface area contributed by atoms with Crippen LogP contribution in [0.1, 0.15) is 35.9 Å². The van der Waals surface area contributed by atoms with Crippen LogP contribution in [0.4, 0.5) is 0 Å². The van der Waals surface area contributed by atoms with Crippen LogP contribution in [0.2, 0.25) is 0 Å². The van der Waals surface area contributed by atoms with Gasteiger partial charge >= 0.3 is 5.97 Å². The van der Waals surface area contributed by atoms with Gasteiger partial charge in [0.25, 0.3) is 0 Å². The van der Waals surface area contributed by atoms with E-state index in [0.717, 1.165) is 17.6 Å². The van der Waals surface area contributed by atoms with Crippen molar-refractivity contribution in [3.63, 3.8) is 0 Å². The van der Waals surface area contributed by atoms with Crippen molar-refractivity contribution in [1.82, 2.24) is 0 Å². The van der Waals surface area contributed by atoms with Crippen molar-refractivity contribution in [3.8, 4) is 5.75 Å². The fourth-order valence-corrected chi connectivity index (χ4v) is 4.83. The molecule has 7 heteroatoms. The Hall–Kier alpha value is -1.05. The Balaban J connectivity index is 2.16. The number of ether oxygens (including phenoxy) is 2. The Labute approximate surface area is 157 Å². The number of fused-ring (bicyclic) bond motifs is 1. The lowest BCUT2D eigenvalue weighted by atomic mass is 10.1. The number of furan rings is 1. The van der Waals surface area contributed by atoms with E-state index in [1.54, 1.807) is 14.0 Å². The molecular formula is C17H20Br2NO4+. The molecule has 1 aliphatic heterocycles. The quantitative estimate of drug-likeness (QED) is 0.694. The van der Waals surface area contributed by atoms with Gasteiger partial charge in [-0.3, -0.25) is 0 Å². The monoisotopic (exact) mass is 460 g/mol. The van der Waals surface area contributed by atoms with E-state index < -0.39 is 0 Å². The zero-order valence-corrected chi connectivity index (χ0v) is 16.9. The highest BCUT2D eigenvalue weighted by Gasteiger charge is 2.29. The fourth-order valence-electron chi connectivity index (χ4n) is 3.23. The third-order valence-electron chi connectivity index (χ3n) is 4.31. The van der Waals surface area contributed by atoms with Crippen molar-refractivity contribution in [2.45, 2.75) is 26.3 Å². The molecule has 0 aliphatic carbocycles. The van der Waals surface area contributed by atoms with Crippen LogP contribution in [-0.2, 0) is 11.3 Å². The molecule has 1 fully saturated rings. The Morgan fingerprint density at radius 2 is 2.04 bits per heavy atom. The molecule has 2 heterocycles. The minimum atomic E-state index is -0.352. The number of quaternary nitrogens is 1. The van der Waals surface area contributed by atoms with Crippen molar-refractivity contribution >= 4 is 48.8 Å². The van der Waals surface area contributed by atoms with E-state index in [2.05, 4.69) is 31.9 Å². The topological polar surface area (TPSA) is 53.1 Å². The lowest BCUT2D eigenvalue weighted by Gasteiger charge is -2.11. The summed E-state index contributed by atoms with van der Waals surface area (Å²) in [4.78, 5) is 14.0. The van der Waals surface area contributed by atoms with Crippen LogP contribution in [0.3, 0.4) is 0 Å². The zero-order valence-electron chi connectivity index (χ0n) is 13.7. The van der Waals surface area contributed by atoms with Crippen LogP contribution in [0.5, 0.6) is 5.75 Å². The number of benzene rings is 1. The first-order chi connectivity index (χ1) is 11.6. The molecule has 1 N–H and O–H groups in total. The average molecular weight is 462 g/mol. The van der Waals surface area contributed by atoms with Gasteiger partial charge in [0.15, 0.2) is 5.76 Å². The molecule has 2 aromatic rings. The van der Waals surface area contributed by atoms with E-state index in [-0.39, 0.29) is 5.97 Å². The van der Waals surface area contributed by atoms with Crippen LogP contribution in [0, 0.1) is 0 Å². The molecule has 5 nitrogen and oxygen atoms in total. The van der Waals surface area contributed by atoms with Crippen molar-refractivity contribution in [2.75, 3.05) is 26.8 Å². The largest absolute Gasteiger partial charge is 0.494 e. The van der Waals surface area contributed by atoms with Crippen LogP contribution >= 0.6 is 31.9 Å². The first kappa shape index (κ1) is 17.8. The molecule has 1 aliphatic rings. The molecule has 0 amide bonds. The molecule has 0 radical (unpaired) electrons. The predicted molar refractivity (Wildman–Crippen MR) is 97.8 cm³/mol. The van der Waals surface area contributed by atoms with Crippen molar-refractivity contribution in [3.05, 3.63) is 26.3 Å². The maximum Gasteiger partial charge on any atom is 0.342 e. The molecule has 130 valence electrons. The van der Waals surface area contributed by atoms with Gasteiger partial charge in [0.05, 0.1) is 41.1 Å². The van der Waals surface area contributed by atoms with Gasteiger partial charge in [-0.05, 0) is 44.8 Å². The number of rotatable bonds is 5. The summed E-state index contributed by atoms with van der Waals surface area (Å²) in [6.07, 6.45) is 2.43. The standard InChI is InChI=1S/C17H19Br2NO4/c1-3-23-17(21)14-12(9-20-6-4-5-7-20)24-11-8-10(18)16(22-2)15(19)13(11)14/h8H,3-7,9H2,1-2H3/p+1. The summed E-state index contributed by atoms with van der Waals surface area (Å²) in [5, 5.41) is 0.710. The summed E-state index contributed by atoms with van der Waals surface area (Å²) >= 11 is 7.04. The lowest BCUT2D eigenvalue weighted by molar-refractivity contribution is -0.902. The molecular weight excluding hydrogens is 442 g/mol. The van der Waals surface area contributed by atoms with Crippen molar-refractivity contribution in [2.24, 2.45) is 0 Å². The summed E-state index contributed by atoms with van der Waals surface area (Å²) in [5.41, 5.74) is 1.15. The van der Waals surface area contributed by atoms with E-state index in [1.165, 1.54) is 17.7 Å². The van der Waals surface area contributed by atoms with Crippen LogP contribution in [0.25, 0.3) is 11.0 Å². The first-order valence-electron chi connectivity index (χ1n) is 8.04. The highest BCUT2D eigenvalue weighted by Crippen LogP contribution is 2.43. The molecule has 1 aromatic carbocycles. The Morgan fingerprint density at radius 1 is 1.33 bits per heavy atom. The third-order valence-corrected chi connectivity index (χ3v) is 5.65.